The SMILES string of the molecule is CCCN1CCCc2cc([N+](=O)[O-])cc(C#N)c21. The molecule has 0 aromatic heterocycles. The number of nitrogens with zero attached hydrogens (tertiary/aromatic N) is 3. The molecule has 0 N–H and O–H groups in total. The largest absolute Gasteiger partial charge is 0.370 e. The van der Waals surface area contributed by atoms with Crippen LogP contribution >= 0.6 is 0 Å². The quantitative estimate of drug-likeness (QED) is 0.606. The second-order valence-electron chi connectivity index (χ2n) is 4.46. The van der Waals surface area contributed by atoms with Crippen molar-refractivity contribution in [3.63, 3.8) is 0 Å². The summed E-state index contributed by atoms with van der Waals surface area (Å²) in [4.78, 5) is 12.6. The molecule has 94 valence electrons. The normalized spacial score (nSPS) is 13.9. The molecule has 0 radical (unpaired) electrons. The summed E-state index contributed by atoms with van der Waals surface area (Å²) in [6, 6.07) is 5.08. The number of anilines is 1. The van der Waals surface area contributed by atoms with E-state index in [1.807, 2.05) is 0 Å². The summed E-state index contributed by atoms with van der Waals surface area (Å²) < 4.78 is 0. The van der Waals surface area contributed by atoms with E-state index in [4.69, 9.17) is 0 Å². The van der Waals surface area contributed by atoms with Gasteiger partial charge in [0, 0.05) is 25.2 Å². The summed E-state index contributed by atoms with van der Waals surface area (Å²) in [7, 11) is 0. The molecule has 0 unspecified atom stereocenters. The number of rotatable bonds is 3. The first-order chi connectivity index (χ1) is 8.67. The van der Waals surface area contributed by atoms with Crippen LogP contribution in [0.1, 0.15) is 30.9 Å². The van der Waals surface area contributed by atoms with Crippen molar-refractivity contribution >= 4 is 11.4 Å². The lowest BCUT2D eigenvalue weighted by Gasteiger charge is -2.31. The molecular formula is C13H15N3O2. The van der Waals surface area contributed by atoms with Crippen molar-refractivity contribution in [2.24, 2.45) is 0 Å². The monoisotopic (exact) mass is 245 g/mol. The topological polar surface area (TPSA) is 70.2 Å². The molecule has 1 aromatic rings. The molecule has 0 amide bonds. The van der Waals surface area contributed by atoms with Gasteiger partial charge in [0.05, 0.1) is 16.2 Å². The molecule has 1 aliphatic heterocycles. The molecule has 0 bridgehead atoms. The van der Waals surface area contributed by atoms with Crippen molar-refractivity contribution in [1.82, 2.24) is 0 Å². The zero-order valence-corrected chi connectivity index (χ0v) is 10.3. The maximum atomic E-state index is 10.8. The van der Waals surface area contributed by atoms with Crippen LogP contribution in [0.5, 0.6) is 0 Å². The van der Waals surface area contributed by atoms with Crippen LogP contribution in [0.3, 0.4) is 0 Å². The number of benzene rings is 1. The minimum Gasteiger partial charge on any atom is -0.370 e. The summed E-state index contributed by atoms with van der Waals surface area (Å²) >= 11 is 0. The van der Waals surface area contributed by atoms with Gasteiger partial charge in [0.25, 0.3) is 5.69 Å². The van der Waals surface area contributed by atoms with Gasteiger partial charge in [-0.2, -0.15) is 5.26 Å². The Labute approximate surface area is 106 Å². The number of nitro benzene ring substituents is 1. The van der Waals surface area contributed by atoms with Crippen molar-refractivity contribution in [3.8, 4) is 6.07 Å². The van der Waals surface area contributed by atoms with Crippen LogP contribution in [0.2, 0.25) is 0 Å². The highest BCUT2D eigenvalue weighted by atomic mass is 16.6. The van der Waals surface area contributed by atoms with Crippen LogP contribution in [-0.4, -0.2) is 18.0 Å². The third-order valence-electron chi connectivity index (χ3n) is 3.19. The Morgan fingerprint density at radius 2 is 2.33 bits per heavy atom. The Kier molecular flexibility index (Phi) is 3.47. The van der Waals surface area contributed by atoms with E-state index in [9.17, 15) is 15.4 Å². The molecule has 1 aromatic carbocycles. The van der Waals surface area contributed by atoms with E-state index in [0.717, 1.165) is 43.6 Å². The van der Waals surface area contributed by atoms with Crippen molar-refractivity contribution in [2.45, 2.75) is 26.2 Å². The second kappa shape index (κ2) is 5.05. The molecule has 5 nitrogen and oxygen atoms in total. The average Bonchev–Trinajstić information content (AvgIpc) is 2.37. The summed E-state index contributed by atoms with van der Waals surface area (Å²) in [6.45, 7) is 3.90. The average molecular weight is 245 g/mol. The predicted molar refractivity (Wildman–Crippen MR) is 68.6 cm³/mol. The van der Waals surface area contributed by atoms with Gasteiger partial charge in [-0.15, -0.1) is 0 Å². The van der Waals surface area contributed by atoms with Gasteiger partial charge in [-0.25, -0.2) is 0 Å². The van der Waals surface area contributed by atoms with Gasteiger partial charge in [-0.05, 0) is 24.8 Å². The maximum absolute atomic E-state index is 10.8. The van der Waals surface area contributed by atoms with E-state index >= 15 is 0 Å². The Balaban J connectivity index is 2.54. The Morgan fingerprint density at radius 3 is 2.94 bits per heavy atom. The van der Waals surface area contributed by atoms with Gasteiger partial charge in [-0.3, -0.25) is 10.1 Å². The molecule has 0 saturated carbocycles. The summed E-state index contributed by atoms with van der Waals surface area (Å²) in [5.74, 6) is 0. The number of nitriles is 1. The van der Waals surface area contributed by atoms with E-state index in [-0.39, 0.29) is 5.69 Å². The van der Waals surface area contributed by atoms with Gasteiger partial charge in [-0.1, -0.05) is 6.92 Å². The fraction of sp³-hybridized carbons (Fsp3) is 0.462. The van der Waals surface area contributed by atoms with Crippen molar-refractivity contribution in [3.05, 3.63) is 33.4 Å². The fourth-order valence-corrected chi connectivity index (χ4v) is 2.50. The number of hydrogen-bond acceptors (Lipinski definition) is 4. The number of non-ortho nitro benzene ring substituents is 1. The minimum atomic E-state index is -0.431. The Bertz CT molecular complexity index is 520. The first-order valence-electron chi connectivity index (χ1n) is 6.13. The van der Waals surface area contributed by atoms with E-state index < -0.39 is 4.92 Å². The van der Waals surface area contributed by atoms with Crippen LogP contribution in [-0.2, 0) is 6.42 Å². The zero-order valence-electron chi connectivity index (χ0n) is 10.3. The van der Waals surface area contributed by atoms with E-state index in [1.54, 1.807) is 6.07 Å². The highest BCUT2D eigenvalue weighted by molar-refractivity contribution is 5.69. The van der Waals surface area contributed by atoms with Crippen molar-refractivity contribution in [2.75, 3.05) is 18.0 Å². The van der Waals surface area contributed by atoms with Gasteiger partial charge in [0.1, 0.15) is 6.07 Å². The molecule has 0 fully saturated rings. The second-order valence-corrected chi connectivity index (χ2v) is 4.46. The molecule has 1 aliphatic rings. The third kappa shape index (κ3) is 2.14. The van der Waals surface area contributed by atoms with Gasteiger partial charge in [0.15, 0.2) is 0 Å². The number of hydrogen-bond donors (Lipinski definition) is 0. The Hall–Kier alpha value is -2.09. The maximum Gasteiger partial charge on any atom is 0.271 e. The zero-order chi connectivity index (χ0) is 13.1. The lowest BCUT2D eigenvalue weighted by Crippen LogP contribution is -2.30. The predicted octanol–water partition coefficient (Wildman–Crippen LogP) is 2.63. The molecular weight excluding hydrogens is 230 g/mol. The van der Waals surface area contributed by atoms with Gasteiger partial charge in [0.2, 0.25) is 0 Å². The first kappa shape index (κ1) is 12.4. The summed E-state index contributed by atoms with van der Waals surface area (Å²) in [6.07, 6.45) is 2.80. The van der Waals surface area contributed by atoms with E-state index in [1.165, 1.54) is 6.07 Å². The van der Waals surface area contributed by atoms with Crippen LogP contribution in [0.15, 0.2) is 12.1 Å². The van der Waals surface area contributed by atoms with Gasteiger partial charge >= 0.3 is 0 Å². The molecule has 2 rings (SSSR count). The third-order valence-corrected chi connectivity index (χ3v) is 3.19. The van der Waals surface area contributed by atoms with Crippen LogP contribution in [0.4, 0.5) is 11.4 Å². The Morgan fingerprint density at radius 1 is 1.56 bits per heavy atom. The molecule has 0 atom stereocenters. The lowest BCUT2D eigenvalue weighted by molar-refractivity contribution is -0.384. The van der Waals surface area contributed by atoms with Gasteiger partial charge < -0.3 is 4.90 Å². The minimum absolute atomic E-state index is 0.0173. The van der Waals surface area contributed by atoms with Crippen LogP contribution < -0.4 is 4.90 Å². The molecule has 0 spiro atoms. The van der Waals surface area contributed by atoms with E-state index in [0.29, 0.717) is 5.56 Å². The number of fused-ring (bicyclic) bond motifs is 1. The summed E-state index contributed by atoms with van der Waals surface area (Å²) in [5, 5.41) is 20.0. The number of aryl methyl sites for hydroxylation is 1. The summed E-state index contributed by atoms with van der Waals surface area (Å²) in [5.41, 5.74) is 2.27. The first-order valence-corrected chi connectivity index (χ1v) is 6.13. The molecule has 18 heavy (non-hydrogen) atoms. The van der Waals surface area contributed by atoms with Crippen molar-refractivity contribution < 1.29 is 4.92 Å². The van der Waals surface area contributed by atoms with E-state index in [2.05, 4.69) is 17.9 Å². The molecule has 0 aliphatic carbocycles. The fourth-order valence-electron chi connectivity index (χ4n) is 2.50. The standard InChI is InChI=1S/C13H15N3O2/c1-2-5-15-6-3-4-10-7-12(16(17)18)8-11(9-14)13(10)15/h7-8H,2-6H2,1H3. The van der Waals surface area contributed by atoms with Crippen LogP contribution in [0, 0.1) is 21.4 Å². The lowest BCUT2D eigenvalue weighted by atomic mass is 9.97. The number of nitro groups is 1. The molecule has 5 heteroatoms. The molecule has 1 heterocycles. The van der Waals surface area contributed by atoms with Crippen LogP contribution in [0.25, 0.3) is 0 Å². The highest BCUT2D eigenvalue weighted by Gasteiger charge is 2.23. The highest BCUT2D eigenvalue weighted by Crippen LogP contribution is 2.34. The smallest absolute Gasteiger partial charge is 0.271 e. The molecule has 0 saturated heterocycles. The van der Waals surface area contributed by atoms with Crippen molar-refractivity contribution in [1.29, 1.82) is 5.26 Å².